The summed E-state index contributed by atoms with van der Waals surface area (Å²) in [5.41, 5.74) is 1.64. The van der Waals surface area contributed by atoms with Crippen LogP contribution >= 0.6 is 0 Å². The van der Waals surface area contributed by atoms with Crippen LogP contribution < -0.4 is 5.32 Å². The van der Waals surface area contributed by atoms with E-state index in [2.05, 4.69) is 50.7 Å². The van der Waals surface area contributed by atoms with E-state index in [1.165, 1.54) is 12.1 Å². The number of allylic oxidation sites excluding steroid dienone is 1. The van der Waals surface area contributed by atoms with Crippen LogP contribution in [0.1, 0.15) is 6.42 Å². The summed E-state index contributed by atoms with van der Waals surface area (Å²) in [6.07, 6.45) is 4.13. The summed E-state index contributed by atoms with van der Waals surface area (Å²) in [7, 11) is -2.05. The van der Waals surface area contributed by atoms with Crippen LogP contribution in [-0.4, -0.2) is 29.1 Å². The Bertz CT molecular complexity index is 244. The molecule has 4 heteroatoms. The van der Waals surface area contributed by atoms with Crippen molar-refractivity contribution in [2.45, 2.75) is 57.8 Å². The zero-order valence-corrected chi connectivity index (χ0v) is 14.4. The lowest BCUT2D eigenvalue weighted by Gasteiger charge is -2.24. The lowest BCUT2D eigenvalue weighted by atomic mass is 10.2. The predicted molar refractivity (Wildman–Crippen MR) is 83.1 cm³/mol. The molecule has 1 N–H and O–H groups in total. The van der Waals surface area contributed by atoms with E-state index in [-0.39, 0.29) is 0 Å². The van der Waals surface area contributed by atoms with E-state index in [4.69, 9.17) is 0 Å². The maximum Gasteiger partial charge on any atom is 0.207 e. The molecule has 0 rings (SSSR count). The lowest BCUT2D eigenvalue weighted by Crippen LogP contribution is -2.25. The molecular weight excluding hydrogens is 242 g/mol. The Morgan fingerprint density at radius 1 is 1.00 bits per heavy atom. The number of amides is 1. The van der Waals surface area contributed by atoms with Crippen molar-refractivity contribution in [1.82, 2.24) is 5.32 Å². The van der Waals surface area contributed by atoms with Crippen LogP contribution in [0.25, 0.3) is 0 Å². The quantitative estimate of drug-likeness (QED) is 0.310. The number of carbonyl (C=O) groups is 1. The van der Waals surface area contributed by atoms with Crippen LogP contribution in [0.15, 0.2) is 11.6 Å². The summed E-state index contributed by atoms with van der Waals surface area (Å²) >= 11 is 0. The van der Waals surface area contributed by atoms with Gasteiger partial charge in [-0.2, -0.15) is 0 Å². The van der Waals surface area contributed by atoms with Crippen molar-refractivity contribution in [3.05, 3.63) is 11.6 Å². The van der Waals surface area contributed by atoms with E-state index in [9.17, 15) is 4.79 Å². The molecule has 0 heterocycles. The smallest absolute Gasteiger partial charge is 0.207 e. The van der Waals surface area contributed by atoms with Gasteiger partial charge in [0.15, 0.2) is 0 Å². The van der Waals surface area contributed by atoms with Gasteiger partial charge in [-0.05, 0) is 18.5 Å². The average molecular weight is 272 g/mol. The largest absolute Gasteiger partial charge is 0.358 e. The van der Waals surface area contributed by atoms with Crippen LogP contribution in [0.2, 0.25) is 51.4 Å². The normalized spacial score (nSPS) is 12.1. The van der Waals surface area contributed by atoms with Crippen LogP contribution in [0.3, 0.4) is 0 Å². The molecule has 0 aliphatic rings. The topological polar surface area (TPSA) is 29.1 Å². The molecule has 0 spiro atoms. The maximum absolute atomic E-state index is 10.2. The SMILES string of the molecule is C[Si](C)(C)CC(=CCCNC=O)C[Si](C)(C)C. The number of rotatable bonds is 8. The highest BCUT2D eigenvalue weighted by molar-refractivity contribution is 6.78. The molecule has 100 valence electrons. The second kappa shape index (κ2) is 7.16. The number of carbonyl (C=O) groups excluding carboxylic acids is 1. The third kappa shape index (κ3) is 11.9. The molecule has 0 aromatic heterocycles. The van der Waals surface area contributed by atoms with E-state index in [0.717, 1.165) is 19.4 Å². The number of nitrogens with one attached hydrogen (secondary N) is 1. The molecule has 0 fully saturated rings. The van der Waals surface area contributed by atoms with Gasteiger partial charge >= 0.3 is 0 Å². The number of hydrogen-bond donors (Lipinski definition) is 1. The van der Waals surface area contributed by atoms with Crippen LogP contribution in [0, 0.1) is 0 Å². The van der Waals surface area contributed by atoms with E-state index in [0.29, 0.717) is 0 Å². The zero-order chi connectivity index (χ0) is 13.5. The second-order valence-corrected chi connectivity index (χ2v) is 18.1. The average Bonchev–Trinajstić information content (AvgIpc) is 2.06. The van der Waals surface area contributed by atoms with Gasteiger partial charge < -0.3 is 5.32 Å². The van der Waals surface area contributed by atoms with Crippen LogP contribution in [0.4, 0.5) is 0 Å². The van der Waals surface area contributed by atoms with Gasteiger partial charge in [-0.25, -0.2) is 0 Å². The predicted octanol–water partition coefficient (Wildman–Crippen LogP) is 3.73. The Balaban J connectivity index is 4.44. The van der Waals surface area contributed by atoms with E-state index >= 15 is 0 Å². The van der Waals surface area contributed by atoms with Crippen LogP contribution in [0.5, 0.6) is 0 Å². The summed E-state index contributed by atoms with van der Waals surface area (Å²) in [5, 5.41) is 2.73. The second-order valence-electron chi connectivity index (χ2n) is 7.20. The van der Waals surface area contributed by atoms with Crippen molar-refractivity contribution in [1.29, 1.82) is 0 Å². The Morgan fingerprint density at radius 2 is 1.47 bits per heavy atom. The van der Waals surface area contributed by atoms with Gasteiger partial charge in [0.05, 0.1) is 0 Å². The van der Waals surface area contributed by atoms with E-state index in [1.54, 1.807) is 5.57 Å². The minimum atomic E-state index is -1.02. The fourth-order valence-electron chi connectivity index (χ4n) is 1.99. The molecule has 0 unspecified atom stereocenters. The van der Waals surface area contributed by atoms with Gasteiger partial charge in [-0.3, -0.25) is 4.79 Å². The molecule has 1 amide bonds. The fourth-order valence-corrected chi connectivity index (χ4v) is 5.50. The minimum Gasteiger partial charge on any atom is -0.358 e. The van der Waals surface area contributed by atoms with Gasteiger partial charge in [0.25, 0.3) is 0 Å². The third-order valence-corrected chi connectivity index (χ3v) is 5.35. The highest BCUT2D eigenvalue weighted by atomic mass is 28.3. The molecule has 17 heavy (non-hydrogen) atoms. The first-order chi connectivity index (χ1) is 7.64. The Hall–Kier alpha value is -0.356. The molecular formula is C13H29NOSi2. The summed E-state index contributed by atoms with van der Waals surface area (Å²) in [6, 6.07) is 2.61. The van der Waals surface area contributed by atoms with Gasteiger partial charge in [0.1, 0.15) is 0 Å². The molecule has 0 saturated carbocycles. The third-order valence-electron chi connectivity index (χ3n) is 2.32. The van der Waals surface area contributed by atoms with Gasteiger partial charge in [-0.15, -0.1) is 0 Å². The molecule has 0 aromatic rings. The molecule has 0 saturated heterocycles. The summed E-state index contributed by atoms with van der Waals surface area (Å²) < 4.78 is 0. The fraction of sp³-hybridized carbons (Fsp3) is 0.769. The summed E-state index contributed by atoms with van der Waals surface area (Å²) in [6.45, 7) is 15.3. The van der Waals surface area contributed by atoms with Crippen molar-refractivity contribution in [2.24, 2.45) is 0 Å². The van der Waals surface area contributed by atoms with Crippen molar-refractivity contribution in [3.63, 3.8) is 0 Å². The molecule has 0 bridgehead atoms. The monoisotopic (exact) mass is 271 g/mol. The molecule has 2 nitrogen and oxygen atoms in total. The summed E-state index contributed by atoms with van der Waals surface area (Å²) in [4.78, 5) is 10.2. The first-order valence-corrected chi connectivity index (χ1v) is 13.9. The molecule has 0 radical (unpaired) electrons. The molecule has 0 aromatic carbocycles. The Kier molecular flexibility index (Phi) is 7.01. The zero-order valence-electron chi connectivity index (χ0n) is 12.4. The van der Waals surface area contributed by atoms with Gasteiger partial charge in [-0.1, -0.05) is 50.9 Å². The first-order valence-electron chi connectivity index (χ1n) is 6.49. The van der Waals surface area contributed by atoms with Gasteiger partial charge in [0, 0.05) is 22.7 Å². The van der Waals surface area contributed by atoms with Crippen molar-refractivity contribution >= 4 is 22.6 Å². The lowest BCUT2D eigenvalue weighted by molar-refractivity contribution is -0.109. The van der Waals surface area contributed by atoms with Crippen molar-refractivity contribution in [2.75, 3.05) is 6.54 Å². The van der Waals surface area contributed by atoms with Crippen LogP contribution in [-0.2, 0) is 4.79 Å². The van der Waals surface area contributed by atoms with Crippen molar-refractivity contribution in [3.8, 4) is 0 Å². The van der Waals surface area contributed by atoms with Crippen molar-refractivity contribution < 1.29 is 4.79 Å². The van der Waals surface area contributed by atoms with Gasteiger partial charge in [0.2, 0.25) is 6.41 Å². The first kappa shape index (κ1) is 16.6. The number of hydrogen-bond acceptors (Lipinski definition) is 1. The summed E-state index contributed by atoms with van der Waals surface area (Å²) in [5.74, 6) is 0. The standard InChI is InChI=1S/C13H29NOSi2/c1-16(2,3)10-13(11-17(4,5)6)8-7-9-14-12-15/h8,12H,7,9-11H2,1-6H3,(H,14,15). The highest BCUT2D eigenvalue weighted by Gasteiger charge is 2.20. The molecule has 0 atom stereocenters. The molecule has 0 aliphatic carbocycles. The van der Waals surface area contributed by atoms with E-state index in [1.807, 2.05) is 0 Å². The Morgan fingerprint density at radius 3 is 1.82 bits per heavy atom. The highest BCUT2D eigenvalue weighted by Crippen LogP contribution is 2.25. The Labute approximate surface area is 109 Å². The molecule has 0 aliphatic heterocycles. The maximum atomic E-state index is 10.2. The van der Waals surface area contributed by atoms with E-state index < -0.39 is 16.1 Å². The minimum absolute atomic E-state index is 0.768.